The Bertz CT molecular complexity index is 506. The summed E-state index contributed by atoms with van der Waals surface area (Å²) in [6.45, 7) is 5.88. The zero-order valence-corrected chi connectivity index (χ0v) is 12.8. The van der Waals surface area contributed by atoms with Crippen LogP contribution in [0.3, 0.4) is 0 Å². The van der Waals surface area contributed by atoms with Crippen molar-refractivity contribution in [2.45, 2.75) is 45.7 Å². The molecular weight excluding hydrogens is 274 g/mol. The topological polar surface area (TPSA) is 64.9 Å². The molecule has 0 spiro atoms. The minimum atomic E-state index is -0.388. The van der Waals surface area contributed by atoms with Gasteiger partial charge >= 0.3 is 0 Å². The summed E-state index contributed by atoms with van der Waals surface area (Å²) >= 11 is 6.07. The normalized spacial score (nSPS) is 11.8. The molecule has 0 aromatic heterocycles. The molecule has 2 N–H and O–H groups in total. The second-order valence-electron chi connectivity index (χ2n) is 4.69. The molecule has 1 atom stereocenters. The van der Waals surface area contributed by atoms with Gasteiger partial charge in [0, 0.05) is 6.04 Å². The lowest BCUT2D eigenvalue weighted by molar-refractivity contribution is -0.122. The van der Waals surface area contributed by atoms with Crippen molar-refractivity contribution >= 4 is 23.2 Å². The number of benzene rings is 1. The molecule has 1 unspecified atom stereocenters. The van der Waals surface area contributed by atoms with Gasteiger partial charge in [-0.3, -0.25) is 4.79 Å². The number of carbonyl (C=O) groups is 1. The molecule has 0 fully saturated rings. The molecule has 0 aliphatic rings. The van der Waals surface area contributed by atoms with Crippen LogP contribution in [0.25, 0.3) is 0 Å². The average molecular weight is 294 g/mol. The zero-order chi connectivity index (χ0) is 15.1. The van der Waals surface area contributed by atoms with Crippen LogP contribution in [0.5, 0.6) is 0 Å². The van der Waals surface area contributed by atoms with E-state index in [1.54, 1.807) is 25.1 Å². The first-order valence-electron chi connectivity index (χ1n) is 6.78. The third-order valence-electron chi connectivity index (χ3n) is 3.20. The molecule has 0 aliphatic heterocycles. The SMILES string of the molecule is CCC(CC)NC(=O)C(C)Nc1ccc(C#N)cc1Cl. The van der Waals surface area contributed by atoms with E-state index in [0.29, 0.717) is 16.3 Å². The predicted octanol–water partition coefficient (Wildman–Crippen LogP) is 3.32. The standard InChI is InChI=1S/C15H20ClN3O/c1-4-12(5-2)19-15(20)10(3)18-14-7-6-11(9-17)8-13(14)16/h6-8,10,12,18H,4-5H2,1-3H3,(H,19,20). The minimum Gasteiger partial charge on any atom is -0.373 e. The molecule has 0 saturated carbocycles. The lowest BCUT2D eigenvalue weighted by Crippen LogP contribution is -2.42. The van der Waals surface area contributed by atoms with Crippen LogP contribution in [0.4, 0.5) is 5.69 Å². The first kappa shape index (κ1) is 16.3. The summed E-state index contributed by atoms with van der Waals surface area (Å²) in [5, 5.41) is 15.3. The first-order valence-corrected chi connectivity index (χ1v) is 7.16. The molecule has 1 aromatic carbocycles. The Morgan fingerprint density at radius 3 is 2.55 bits per heavy atom. The van der Waals surface area contributed by atoms with Crippen molar-refractivity contribution in [3.8, 4) is 6.07 Å². The number of rotatable bonds is 6. The van der Waals surface area contributed by atoms with Crippen molar-refractivity contribution in [3.05, 3.63) is 28.8 Å². The number of carbonyl (C=O) groups excluding carboxylic acids is 1. The molecule has 0 saturated heterocycles. The molecule has 1 rings (SSSR count). The van der Waals surface area contributed by atoms with Crippen LogP contribution in [-0.4, -0.2) is 18.0 Å². The minimum absolute atomic E-state index is 0.0564. The summed E-state index contributed by atoms with van der Waals surface area (Å²) in [5.41, 5.74) is 1.15. The first-order chi connectivity index (χ1) is 9.51. The largest absolute Gasteiger partial charge is 0.373 e. The second kappa shape index (κ2) is 7.76. The van der Waals surface area contributed by atoms with Crippen molar-refractivity contribution < 1.29 is 4.79 Å². The Labute approximate surface area is 125 Å². The fraction of sp³-hybridized carbons (Fsp3) is 0.467. The van der Waals surface area contributed by atoms with E-state index >= 15 is 0 Å². The van der Waals surface area contributed by atoms with Gasteiger partial charge in [0.05, 0.1) is 22.3 Å². The highest BCUT2D eigenvalue weighted by Gasteiger charge is 2.16. The summed E-state index contributed by atoms with van der Waals surface area (Å²) in [4.78, 5) is 12.0. The van der Waals surface area contributed by atoms with Crippen LogP contribution in [0.1, 0.15) is 39.2 Å². The molecule has 0 heterocycles. The summed E-state index contributed by atoms with van der Waals surface area (Å²) in [7, 11) is 0. The van der Waals surface area contributed by atoms with Gasteiger partial charge in [0.1, 0.15) is 6.04 Å². The van der Waals surface area contributed by atoms with E-state index in [1.165, 1.54) is 0 Å². The maximum Gasteiger partial charge on any atom is 0.242 e. The smallest absolute Gasteiger partial charge is 0.242 e. The fourth-order valence-electron chi connectivity index (χ4n) is 1.82. The molecule has 1 amide bonds. The van der Waals surface area contributed by atoms with Crippen molar-refractivity contribution in [3.63, 3.8) is 0 Å². The summed E-state index contributed by atoms with van der Waals surface area (Å²) < 4.78 is 0. The number of halogens is 1. The molecule has 4 nitrogen and oxygen atoms in total. The summed E-state index contributed by atoms with van der Waals surface area (Å²) in [6, 6.07) is 6.79. The third-order valence-corrected chi connectivity index (χ3v) is 3.51. The van der Waals surface area contributed by atoms with E-state index in [9.17, 15) is 4.79 Å². The maximum absolute atomic E-state index is 12.0. The molecule has 5 heteroatoms. The quantitative estimate of drug-likeness (QED) is 0.845. The van der Waals surface area contributed by atoms with Gasteiger partial charge in [-0.05, 0) is 38.0 Å². The molecule has 0 bridgehead atoms. The third kappa shape index (κ3) is 4.43. The van der Waals surface area contributed by atoms with Crippen LogP contribution in [0.2, 0.25) is 5.02 Å². The number of hydrogen-bond donors (Lipinski definition) is 2. The molecular formula is C15H20ClN3O. The van der Waals surface area contributed by atoms with Crippen molar-refractivity contribution in [1.29, 1.82) is 5.26 Å². The molecule has 0 aliphatic carbocycles. The van der Waals surface area contributed by atoms with E-state index in [2.05, 4.69) is 10.6 Å². The van der Waals surface area contributed by atoms with E-state index in [-0.39, 0.29) is 18.0 Å². The number of hydrogen-bond acceptors (Lipinski definition) is 3. The Hall–Kier alpha value is -1.73. The molecule has 1 aromatic rings. The van der Waals surface area contributed by atoms with E-state index in [4.69, 9.17) is 16.9 Å². The number of nitrogens with one attached hydrogen (secondary N) is 2. The highest BCUT2D eigenvalue weighted by Crippen LogP contribution is 2.23. The zero-order valence-electron chi connectivity index (χ0n) is 12.0. The Morgan fingerprint density at radius 2 is 2.05 bits per heavy atom. The van der Waals surface area contributed by atoms with E-state index < -0.39 is 0 Å². The molecule has 0 radical (unpaired) electrons. The van der Waals surface area contributed by atoms with Gasteiger partial charge in [-0.1, -0.05) is 25.4 Å². The number of anilines is 1. The Morgan fingerprint density at radius 1 is 1.40 bits per heavy atom. The number of nitrogens with zero attached hydrogens (tertiary/aromatic N) is 1. The van der Waals surface area contributed by atoms with Gasteiger partial charge in [-0.25, -0.2) is 0 Å². The number of nitriles is 1. The van der Waals surface area contributed by atoms with Crippen LogP contribution < -0.4 is 10.6 Å². The second-order valence-corrected chi connectivity index (χ2v) is 5.10. The van der Waals surface area contributed by atoms with E-state index in [0.717, 1.165) is 12.8 Å². The molecule has 20 heavy (non-hydrogen) atoms. The Balaban J connectivity index is 2.68. The maximum atomic E-state index is 12.0. The van der Waals surface area contributed by atoms with Crippen molar-refractivity contribution in [2.75, 3.05) is 5.32 Å². The number of amides is 1. The summed E-state index contributed by atoms with van der Waals surface area (Å²) in [5.74, 6) is -0.0564. The van der Waals surface area contributed by atoms with Gasteiger partial charge in [-0.2, -0.15) is 5.26 Å². The van der Waals surface area contributed by atoms with Gasteiger partial charge in [0.15, 0.2) is 0 Å². The fourth-order valence-corrected chi connectivity index (χ4v) is 2.05. The van der Waals surface area contributed by atoms with Crippen LogP contribution >= 0.6 is 11.6 Å². The highest BCUT2D eigenvalue weighted by molar-refractivity contribution is 6.33. The van der Waals surface area contributed by atoms with Crippen LogP contribution in [-0.2, 0) is 4.79 Å². The van der Waals surface area contributed by atoms with Gasteiger partial charge in [0.25, 0.3) is 0 Å². The lowest BCUT2D eigenvalue weighted by atomic mass is 10.1. The van der Waals surface area contributed by atoms with Gasteiger partial charge in [0.2, 0.25) is 5.91 Å². The monoisotopic (exact) mass is 293 g/mol. The summed E-state index contributed by atoms with van der Waals surface area (Å²) in [6.07, 6.45) is 1.82. The molecule has 108 valence electrons. The van der Waals surface area contributed by atoms with E-state index in [1.807, 2.05) is 19.9 Å². The lowest BCUT2D eigenvalue weighted by Gasteiger charge is -2.20. The average Bonchev–Trinajstić information content (AvgIpc) is 2.46. The van der Waals surface area contributed by atoms with Crippen molar-refractivity contribution in [1.82, 2.24) is 5.32 Å². The van der Waals surface area contributed by atoms with Gasteiger partial charge < -0.3 is 10.6 Å². The van der Waals surface area contributed by atoms with Crippen LogP contribution in [0.15, 0.2) is 18.2 Å². The van der Waals surface area contributed by atoms with Crippen LogP contribution in [0, 0.1) is 11.3 Å². The van der Waals surface area contributed by atoms with Crippen molar-refractivity contribution in [2.24, 2.45) is 0 Å². The van der Waals surface area contributed by atoms with Gasteiger partial charge in [-0.15, -0.1) is 0 Å². The highest BCUT2D eigenvalue weighted by atomic mass is 35.5. The Kier molecular flexibility index (Phi) is 6.33. The predicted molar refractivity (Wildman–Crippen MR) is 81.8 cm³/mol.